The van der Waals surface area contributed by atoms with Crippen molar-refractivity contribution in [1.29, 1.82) is 0 Å². The van der Waals surface area contributed by atoms with Gasteiger partial charge < -0.3 is 104 Å². The molecule has 17 N–H and O–H groups in total. The van der Waals surface area contributed by atoms with Crippen molar-refractivity contribution in [2.75, 3.05) is 82.4 Å². The zero-order valence-electron chi connectivity index (χ0n) is 71.3. The third kappa shape index (κ3) is 18.0. The van der Waals surface area contributed by atoms with Gasteiger partial charge in [0.25, 0.3) is 26.8 Å². The van der Waals surface area contributed by atoms with Crippen LogP contribution in [0.1, 0.15) is 61.3 Å². The lowest BCUT2D eigenvalue weighted by Crippen LogP contribution is -2.48. The fourth-order valence-electron chi connectivity index (χ4n) is 18.1. The highest BCUT2D eigenvalue weighted by Gasteiger charge is 2.66. The van der Waals surface area contributed by atoms with Crippen LogP contribution in [0.4, 0.5) is 26.2 Å². The fourth-order valence-corrected chi connectivity index (χ4v) is 24.7. The van der Waals surface area contributed by atoms with E-state index in [2.05, 4.69) is 99.2 Å². The number of phosphoric ester groups is 2. The third-order valence-corrected chi connectivity index (χ3v) is 31.3. The van der Waals surface area contributed by atoms with E-state index in [0.717, 1.165) is 23.5 Å². The minimum Gasteiger partial charge on any atom is -0.396 e. The van der Waals surface area contributed by atoms with Gasteiger partial charge in [0, 0.05) is 17.8 Å². The largest absolute Gasteiger partial charge is 0.472 e. The van der Waals surface area contributed by atoms with E-state index in [9.17, 15) is 78.8 Å². The fraction of sp³-hybridized carbons (Fsp3) is 0.559. The summed E-state index contributed by atoms with van der Waals surface area (Å²) >= 11 is 5.43. The van der Waals surface area contributed by atoms with E-state index in [0.29, 0.717) is 17.0 Å². The number of nitrogens with one attached hydrogen (secondary N) is 5. The Balaban J connectivity index is 0.000000128. The van der Waals surface area contributed by atoms with Crippen LogP contribution in [0.5, 0.6) is 0 Å². The van der Waals surface area contributed by atoms with Gasteiger partial charge in [0.15, 0.2) is 118 Å². The van der Waals surface area contributed by atoms with Crippen molar-refractivity contribution >= 4 is 149 Å². The summed E-state index contributed by atoms with van der Waals surface area (Å²) in [6.07, 6.45) is -14.7. The zero-order valence-corrected chi connectivity index (χ0v) is 77.3. The Morgan fingerprint density at radius 1 is 0.453 bits per heavy atom. The van der Waals surface area contributed by atoms with Gasteiger partial charge in [0.1, 0.15) is 101 Å². The number of ether oxygens (including phenoxy) is 7. The Labute approximate surface area is 779 Å². The van der Waals surface area contributed by atoms with Crippen LogP contribution in [0.2, 0.25) is 0 Å². The van der Waals surface area contributed by atoms with Crippen molar-refractivity contribution in [3.63, 3.8) is 0 Å². The number of aromatic amines is 3. The molecule has 0 amide bonds. The highest BCUT2D eigenvalue weighted by molar-refractivity contribution is 8.07. The SMILES string of the molecule is Cc1nc2c(ncn2C2OC3CCS(=O)(=O)OC4C5OCC4(COP(O)(=S)OC2C3CO)OC5n2cnc3c(N)ncnc32)c(=O)[nH]1.Cc1nc2c(ncn2C2OC3COP(=O)(O)OC4C(COS(=O)(=O)NC2C3CO)OC(n2cnc3c(N)ncnc32)C4F)c(=O)[nH]1.Cc1nc2c(ncn2C2OC3COS(=O)(=O)NC4C(COP(=O)(O)OC2C3CO)OC(n2cnc3c(N)ncnc32)C4F)c(=O)[nH]1. The van der Waals surface area contributed by atoms with E-state index in [1.54, 1.807) is 6.92 Å². The van der Waals surface area contributed by atoms with Gasteiger partial charge in [-0.05, 0) is 39.0 Å². The number of nitrogen functional groups attached to an aromatic ring is 3. The summed E-state index contributed by atoms with van der Waals surface area (Å²) in [5.74, 6) is -2.76. The number of H-pyrrole nitrogens is 3. The maximum absolute atomic E-state index is 16.0. The normalized spacial score (nSPS) is 35.7. The van der Waals surface area contributed by atoms with Crippen LogP contribution in [-0.2, 0) is 125 Å². The molecule has 12 aromatic heterocycles. The number of hydrogen-bond acceptors (Lipinski definition) is 49. The Bertz CT molecular complexity index is 7540. The van der Waals surface area contributed by atoms with Crippen LogP contribution in [-0.4, -0.2) is 329 Å². The summed E-state index contributed by atoms with van der Waals surface area (Å²) in [5.41, 5.74) is 15.5. The minimum absolute atomic E-state index is 0.00228. The second-order valence-corrected chi connectivity index (χ2v) is 43.2. The van der Waals surface area contributed by atoms with Crippen LogP contribution in [0.3, 0.4) is 0 Å². The summed E-state index contributed by atoms with van der Waals surface area (Å²) < 4.78 is 242. The van der Waals surface area contributed by atoms with Crippen LogP contribution < -0.4 is 43.3 Å². The number of fused-ring (bicyclic) bond motifs is 14. The first-order valence-electron chi connectivity index (χ1n) is 41.6. The maximum atomic E-state index is 16.0. The molecule has 22 heterocycles. The van der Waals surface area contributed by atoms with Crippen molar-refractivity contribution in [3.05, 3.63) is 105 Å². The zero-order chi connectivity index (χ0) is 98.0. The van der Waals surface area contributed by atoms with Gasteiger partial charge in [-0.3, -0.25) is 72.4 Å². The van der Waals surface area contributed by atoms with Crippen molar-refractivity contribution in [3.8, 4) is 0 Å². The number of nitrogens with zero attached hydrogens (tertiary/aromatic N) is 21. The Hall–Kier alpha value is -10.0. The molecule has 22 rings (SSSR count). The van der Waals surface area contributed by atoms with Gasteiger partial charge in [0.05, 0.1) is 134 Å². The second kappa shape index (κ2) is 36.4. The second-order valence-electron chi connectivity index (χ2n) is 33.1. The molecule has 0 spiro atoms. The Kier molecular flexibility index (Phi) is 25.3. The number of phosphoric acid groups is 2. The number of aliphatic hydroxyl groups excluding tert-OH is 3. The molecule has 10 fully saturated rings. The van der Waals surface area contributed by atoms with Crippen molar-refractivity contribution in [2.45, 2.75) is 156 Å². The van der Waals surface area contributed by atoms with Crippen molar-refractivity contribution in [1.82, 2.24) is 127 Å². The summed E-state index contributed by atoms with van der Waals surface area (Å²) in [6.45, 7) is -5.35. The molecule has 10 saturated heterocycles. The number of nitrogens with two attached hydrogens (primary N) is 3. The van der Waals surface area contributed by atoms with Crippen LogP contribution in [0, 0.1) is 38.5 Å². The van der Waals surface area contributed by atoms with Crippen LogP contribution >= 0.6 is 22.4 Å². The third-order valence-electron chi connectivity index (χ3n) is 24.5. The van der Waals surface area contributed by atoms with Crippen LogP contribution in [0.25, 0.3) is 67.0 Å². The predicted molar refractivity (Wildman–Crippen MR) is 457 cm³/mol. The highest BCUT2D eigenvalue weighted by Crippen LogP contribution is 2.58. The molecular weight excluding hydrogens is 2010 g/mol. The lowest BCUT2D eigenvalue weighted by molar-refractivity contribution is -0.183. The molecule has 27 unspecified atom stereocenters. The first-order valence-corrected chi connectivity index (χ1v) is 51.6. The number of alkyl halides is 2. The summed E-state index contributed by atoms with van der Waals surface area (Å²) in [7, 11) is -24.0. The van der Waals surface area contributed by atoms with E-state index in [1.807, 2.05) is 0 Å². The van der Waals surface area contributed by atoms with Crippen LogP contribution in [0.15, 0.2) is 71.3 Å². The Morgan fingerprint density at radius 3 is 1.35 bits per heavy atom. The molecule has 8 bridgehead atoms. The number of aliphatic hydroxyl groups is 3. The van der Waals surface area contributed by atoms with Gasteiger partial charge in [-0.25, -0.2) is 92.7 Å². The predicted octanol–water partition coefficient (Wildman–Crippen LogP) is -4.59. The van der Waals surface area contributed by atoms with Crippen molar-refractivity contribution < 1.29 is 146 Å². The number of rotatable bonds is 9. The molecule has 12 aromatic rings. The number of aromatic nitrogens is 24. The molecule has 71 heteroatoms. The smallest absolute Gasteiger partial charge is 0.396 e. The molecule has 748 valence electrons. The van der Waals surface area contributed by atoms with Gasteiger partial charge >= 0.3 is 43.0 Å². The first kappa shape index (κ1) is 96.5. The average Bonchev–Trinajstić information content (AvgIpc) is 1.55. The van der Waals surface area contributed by atoms with Gasteiger partial charge in [-0.15, -0.1) is 0 Å². The number of anilines is 3. The maximum Gasteiger partial charge on any atom is 0.472 e. The number of halogens is 2. The number of hydrogen-bond donors (Lipinski definition) is 14. The van der Waals surface area contributed by atoms with E-state index in [1.165, 1.54) is 74.6 Å². The topological polar surface area (TPSA) is 829 Å². The molecule has 0 radical (unpaired) electrons. The lowest BCUT2D eigenvalue weighted by atomic mass is 9.97. The molecule has 0 saturated carbocycles. The molecular formula is C68H80F2N29O33P3S4. The standard InChI is InChI=1S/C24H28N9O11PS2.2C22H26FN10O11PS/c1-10-30-20-14(21(35)31-10)29-9-33(20)22-15-11(4-34)12(41-22)2-3-47(37,38)44-17-16-23(32-8-28-13-18(25)26-7-27-19(13)32)42-24(17,5-39-16)6-40-45(36,46)43-15;1-8-29-19-15(20(35)30-8)28-7-33(19)22-16-9(2-34)10(42-22)4-41-46(38,39)31-13-11(3-40-45(36,37)44-16)43-21(12(13)23)32-6-27-14-17(24)25-5-26-18(14)32;1-8-29-19-15(20(35)30-8)28-7-33(19)22-13-9(2-34)10(42-22)3-40-45(36,37)44-16-11(4-41-46(38,39)31-13)43-21(12(16)23)32-6-27-14-17(24)25-5-26-18(14)32/h7-9,11-12,15-17,22-23,34H,2-6H2,1H3,(H,36,46)(H2,25,26,27)(H,30,31,35);2*5-7,9-13,16,21-22,31,34H,2-4H2,1H3,(H,36,37)(H2,24,25,26)(H,29,30,35). The average molecular weight is 2090 g/mol. The number of aryl methyl sites for hydroxylation is 3. The molecule has 0 aromatic carbocycles. The summed E-state index contributed by atoms with van der Waals surface area (Å²) in [5, 5.41) is 30.9. The quantitative estimate of drug-likeness (QED) is 0.0478. The van der Waals surface area contributed by atoms with Crippen molar-refractivity contribution in [2.24, 2.45) is 17.8 Å². The monoisotopic (exact) mass is 2090 g/mol. The minimum atomic E-state index is -5.11. The lowest BCUT2D eigenvalue weighted by Gasteiger charge is -2.33. The van der Waals surface area contributed by atoms with E-state index < -0.39 is 275 Å². The molecule has 27 atom stereocenters. The summed E-state index contributed by atoms with van der Waals surface area (Å²) in [4.78, 5) is 139. The molecule has 10 aliphatic heterocycles. The number of imidazole rings is 6. The van der Waals surface area contributed by atoms with E-state index in [-0.39, 0.29) is 97.9 Å². The summed E-state index contributed by atoms with van der Waals surface area (Å²) in [6, 6.07) is -3.01. The molecule has 10 aliphatic rings. The highest BCUT2D eigenvalue weighted by atomic mass is 32.5. The molecule has 139 heavy (non-hydrogen) atoms. The molecule has 0 aliphatic carbocycles. The van der Waals surface area contributed by atoms with Gasteiger partial charge in [0.2, 0.25) is 0 Å². The van der Waals surface area contributed by atoms with Gasteiger partial charge in [-0.2, -0.15) is 34.7 Å². The van der Waals surface area contributed by atoms with E-state index in [4.69, 9.17) is 102 Å². The van der Waals surface area contributed by atoms with Gasteiger partial charge in [-0.1, -0.05) is 0 Å². The molecule has 62 nitrogen and oxygen atoms in total. The first-order chi connectivity index (χ1) is 66.1. The van der Waals surface area contributed by atoms with E-state index >= 15 is 8.78 Å². The Morgan fingerprint density at radius 2 is 0.849 bits per heavy atom.